The number of carbonyl (C=O) groups excluding carboxylic acids is 1. The summed E-state index contributed by atoms with van der Waals surface area (Å²) in [6, 6.07) is 8.18. The predicted molar refractivity (Wildman–Crippen MR) is 146 cm³/mol. The van der Waals surface area contributed by atoms with Gasteiger partial charge >= 0.3 is 0 Å². The number of amides is 1. The summed E-state index contributed by atoms with van der Waals surface area (Å²) in [5.41, 5.74) is 1.81. The molecule has 0 bridgehead atoms. The molecule has 3 fully saturated rings. The van der Waals surface area contributed by atoms with Gasteiger partial charge in [0.25, 0.3) is 0 Å². The first kappa shape index (κ1) is 26.8. The van der Waals surface area contributed by atoms with Gasteiger partial charge in [-0.3, -0.25) is 4.79 Å². The molecule has 2 saturated heterocycles. The van der Waals surface area contributed by atoms with Crippen LogP contribution >= 0.6 is 0 Å². The maximum Gasteiger partial charge on any atom is 0.230 e. The number of carbonyl (C=O) groups is 1. The lowest BCUT2D eigenvalue weighted by Crippen LogP contribution is -2.51. The van der Waals surface area contributed by atoms with Crippen LogP contribution in [0.5, 0.6) is 0 Å². The zero-order valence-electron chi connectivity index (χ0n) is 22.7. The molecule has 1 aliphatic carbocycles. The highest BCUT2D eigenvalue weighted by Gasteiger charge is 2.41. The molecule has 0 radical (unpaired) electrons. The van der Waals surface area contributed by atoms with E-state index in [1.54, 1.807) is 18.3 Å². The number of H-pyrrole nitrogens is 1. The molecular formula is C29H35FN6O4. The van der Waals surface area contributed by atoms with Gasteiger partial charge in [0.05, 0.1) is 48.9 Å². The number of ether oxygens (including phenoxy) is 3. The number of aromatic nitrogens is 4. The van der Waals surface area contributed by atoms with Crippen molar-refractivity contribution < 1.29 is 23.4 Å². The fourth-order valence-electron chi connectivity index (χ4n) is 5.41. The van der Waals surface area contributed by atoms with Crippen LogP contribution in [0.3, 0.4) is 0 Å². The molecule has 2 aliphatic heterocycles. The zero-order chi connectivity index (χ0) is 27.5. The van der Waals surface area contributed by atoms with Crippen molar-refractivity contribution in [3.63, 3.8) is 0 Å². The quantitative estimate of drug-likeness (QED) is 0.473. The Balaban J connectivity index is 1.24. The van der Waals surface area contributed by atoms with Gasteiger partial charge in [0.2, 0.25) is 18.1 Å². The number of halogens is 1. The van der Waals surface area contributed by atoms with Crippen molar-refractivity contribution >= 4 is 11.9 Å². The normalized spacial score (nSPS) is 24.1. The van der Waals surface area contributed by atoms with Gasteiger partial charge in [-0.2, -0.15) is 0 Å². The number of nitrogens with one attached hydrogen (secondary N) is 2. The highest BCUT2D eigenvalue weighted by Crippen LogP contribution is 2.36. The van der Waals surface area contributed by atoms with E-state index in [2.05, 4.69) is 20.2 Å². The molecule has 11 heteroatoms. The van der Waals surface area contributed by atoms with Gasteiger partial charge in [-0.25, -0.2) is 19.3 Å². The Kier molecular flexibility index (Phi) is 7.77. The molecule has 1 amide bonds. The lowest BCUT2D eigenvalue weighted by Gasteiger charge is -2.37. The third kappa shape index (κ3) is 5.72. The molecule has 6 rings (SSSR count). The maximum absolute atomic E-state index is 13.7. The molecule has 0 atom stereocenters. The van der Waals surface area contributed by atoms with Crippen molar-refractivity contribution in [3.05, 3.63) is 48.2 Å². The van der Waals surface area contributed by atoms with Crippen molar-refractivity contribution in [3.8, 4) is 22.6 Å². The molecule has 40 heavy (non-hydrogen) atoms. The van der Waals surface area contributed by atoms with Gasteiger partial charge in [-0.1, -0.05) is 19.3 Å². The second-order valence-electron chi connectivity index (χ2n) is 11.0. The predicted octanol–water partition coefficient (Wildman–Crippen LogP) is 4.01. The Morgan fingerprint density at radius 2 is 1.77 bits per heavy atom. The molecule has 3 aliphatic rings. The van der Waals surface area contributed by atoms with Gasteiger partial charge in [-0.15, -0.1) is 0 Å². The second kappa shape index (κ2) is 11.6. The SMILES string of the molecule is CC1(C(=O)NC2CCCCC2)COC(c2nc(-c3ccc(F)cc3)c(-c3ccnc(N4CCOCC4)n3)[nH]2)OC1. The number of hydrogen-bond donors (Lipinski definition) is 2. The number of anilines is 1. The van der Waals surface area contributed by atoms with E-state index in [-0.39, 0.29) is 31.0 Å². The first-order valence-electron chi connectivity index (χ1n) is 14.0. The molecule has 212 valence electrons. The van der Waals surface area contributed by atoms with Crippen LogP contribution in [0.1, 0.15) is 51.1 Å². The van der Waals surface area contributed by atoms with Crippen LogP contribution in [0.4, 0.5) is 10.3 Å². The van der Waals surface area contributed by atoms with Crippen molar-refractivity contribution in [1.82, 2.24) is 25.3 Å². The lowest BCUT2D eigenvalue weighted by atomic mass is 9.89. The summed E-state index contributed by atoms with van der Waals surface area (Å²) in [5, 5.41) is 3.20. The number of benzene rings is 1. The molecule has 2 N–H and O–H groups in total. The van der Waals surface area contributed by atoms with Crippen LogP contribution in [-0.4, -0.2) is 71.4 Å². The van der Waals surface area contributed by atoms with Crippen molar-refractivity contribution in [1.29, 1.82) is 0 Å². The summed E-state index contributed by atoms with van der Waals surface area (Å²) < 4.78 is 31.3. The van der Waals surface area contributed by atoms with E-state index in [1.165, 1.54) is 18.6 Å². The fourth-order valence-corrected chi connectivity index (χ4v) is 5.41. The number of aromatic amines is 1. The molecule has 0 unspecified atom stereocenters. The third-order valence-electron chi connectivity index (χ3n) is 7.85. The molecular weight excluding hydrogens is 515 g/mol. The summed E-state index contributed by atoms with van der Waals surface area (Å²) in [6.45, 7) is 4.93. The van der Waals surface area contributed by atoms with Crippen LogP contribution in [0.25, 0.3) is 22.6 Å². The van der Waals surface area contributed by atoms with Gasteiger partial charge in [0, 0.05) is 30.9 Å². The average Bonchev–Trinajstić information content (AvgIpc) is 3.44. The smallest absolute Gasteiger partial charge is 0.230 e. The Labute approximate surface area is 232 Å². The summed E-state index contributed by atoms with van der Waals surface area (Å²) in [5.74, 6) is 0.687. The number of imidazole rings is 1. The summed E-state index contributed by atoms with van der Waals surface area (Å²) in [7, 11) is 0. The minimum Gasteiger partial charge on any atom is -0.378 e. The summed E-state index contributed by atoms with van der Waals surface area (Å²) in [6.07, 6.45) is 6.48. The van der Waals surface area contributed by atoms with Crippen LogP contribution in [0.2, 0.25) is 0 Å². The molecule has 1 aromatic carbocycles. The third-order valence-corrected chi connectivity index (χ3v) is 7.85. The number of rotatable bonds is 6. The molecule has 1 saturated carbocycles. The number of nitrogens with zero attached hydrogens (tertiary/aromatic N) is 4. The van der Waals surface area contributed by atoms with Crippen molar-refractivity contribution in [2.24, 2.45) is 5.41 Å². The molecule has 0 spiro atoms. The zero-order valence-corrected chi connectivity index (χ0v) is 22.7. The number of morpholine rings is 1. The van der Waals surface area contributed by atoms with E-state index in [4.69, 9.17) is 24.2 Å². The van der Waals surface area contributed by atoms with Gasteiger partial charge < -0.3 is 29.4 Å². The summed E-state index contributed by atoms with van der Waals surface area (Å²) >= 11 is 0. The molecule has 3 aromatic rings. The first-order valence-corrected chi connectivity index (χ1v) is 14.0. The van der Waals surface area contributed by atoms with Crippen molar-refractivity contribution in [2.75, 3.05) is 44.4 Å². The largest absolute Gasteiger partial charge is 0.378 e. The minimum atomic E-state index is -0.789. The summed E-state index contributed by atoms with van der Waals surface area (Å²) in [4.78, 5) is 32.6. The van der Waals surface area contributed by atoms with E-state index in [9.17, 15) is 9.18 Å². The Morgan fingerprint density at radius 3 is 2.50 bits per heavy atom. The molecule has 2 aromatic heterocycles. The highest BCUT2D eigenvalue weighted by molar-refractivity contribution is 5.83. The number of hydrogen-bond acceptors (Lipinski definition) is 8. The standard InChI is InChI=1S/C29H35FN6O4/c1-29(27(37)32-21-5-3-2-4-6-21)17-39-26(40-18-29)25-34-23(19-7-9-20(30)10-8-19)24(35-25)22-11-12-31-28(33-22)36-13-15-38-16-14-36/h7-12,21,26H,2-6,13-18H2,1H3,(H,32,37)(H,34,35). The fraction of sp³-hybridized carbons (Fsp3) is 0.517. The van der Waals surface area contributed by atoms with Gasteiger partial charge in [0.15, 0.2) is 5.82 Å². The van der Waals surface area contributed by atoms with E-state index in [1.807, 2.05) is 13.0 Å². The Hall–Kier alpha value is -3.41. The minimum absolute atomic E-state index is 0.0402. The van der Waals surface area contributed by atoms with Crippen molar-refractivity contribution in [2.45, 2.75) is 51.4 Å². The van der Waals surface area contributed by atoms with Gasteiger partial charge in [0.1, 0.15) is 5.82 Å². The molecule has 4 heterocycles. The Bertz CT molecular complexity index is 1310. The average molecular weight is 551 g/mol. The highest BCUT2D eigenvalue weighted by atomic mass is 19.1. The van der Waals surface area contributed by atoms with Crippen LogP contribution in [0, 0.1) is 11.2 Å². The maximum atomic E-state index is 13.7. The van der Waals surface area contributed by atoms with E-state index in [0.29, 0.717) is 55.2 Å². The first-order chi connectivity index (χ1) is 19.5. The van der Waals surface area contributed by atoms with Crippen LogP contribution in [-0.2, 0) is 19.0 Å². The monoisotopic (exact) mass is 550 g/mol. The lowest BCUT2D eigenvalue weighted by molar-refractivity contribution is -0.231. The van der Waals surface area contributed by atoms with Crippen LogP contribution in [0.15, 0.2) is 36.5 Å². The van der Waals surface area contributed by atoms with Crippen LogP contribution < -0.4 is 10.2 Å². The second-order valence-corrected chi connectivity index (χ2v) is 11.0. The Morgan fingerprint density at radius 1 is 1.05 bits per heavy atom. The van der Waals surface area contributed by atoms with Gasteiger partial charge in [-0.05, 0) is 50.1 Å². The van der Waals surface area contributed by atoms with E-state index < -0.39 is 11.7 Å². The topological polar surface area (TPSA) is 114 Å². The van der Waals surface area contributed by atoms with E-state index >= 15 is 0 Å². The van der Waals surface area contributed by atoms with E-state index in [0.717, 1.165) is 31.2 Å². The molecule has 10 nitrogen and oxygen atoms in total.